The van der Waals surface area contributed by atoms with Crippen LogP contribution in [0.1, 0.15) is 27.7 Å². The number of rotatable bonds is 8. The maximum absolute atomic E-state index is 10.2. The van der Waals surface area contributed by atoms with Gasteiger partial charge in [0.25, 0.3) is 0 Å². The molecule has 0 aromatic rings. The molecule has 0 bridgehead atoms. The van der Waals surface area contributed by atoms with E-state index >= 15 is 0 Å². The molecule has 1 aliphatic heterocycles. The van der Waals surface area contributed by atoms with E-state index in [1.165, 1.54) is 0 Å². The summed E-state index contributed by atoms with van der Waals surface area (Å²) in [4.78, 5) is 0. The summed E-state index contributed by atoms with van der Waals surface area (Å²) in [7, 11) is 0. The van der Waals surface area contributed by atoms with Gasteiger partial charge in [-0.2, -0.15) is 0 Å². The fourth-order valence-electron chi connectivity index (χ4n) is 3.49. The van der Waals surface area contributed by atoms with Crippen molar-refractivity contribution >= 4 is 0 Å². The summed E-state index contributed by atoms with van der Waals surface area (Å²) >= 11 is -3.38. The molecule has 1 fully saturated rings. The quantitative estimate of drug-likeness (QED) is 0.352. The summed E-state index contributed by atoms with van der Waals surface area (Å²) in [5, 5.41) is 42.3. The summed E-state index contributed by atoms with van der Waals surface area (Å²) in [6.45, 7) is 8.30. The van der Waals surface area contributed by atoms with Crippen molar-refractivity contribution in [1.29, 1.82) is 0 Å². The monoisotopic (exact) mass is 357 g/mol. The average molecular weight is 358 g/mol. The Morgan fingerprint density at radius 1 is 0.667 bits per heavy atom. The van der Waals surface area contributed by atoms with Crippen LogP contribution in [0.15, 0.2) is 0 Å². The predicted octanol–water partition coefficient (Wildman–Crippen LogP) is 0.431. The summed E-state index contributed by atoms with van der Waals surface area (Å²) in [6, 6.07) is 0. The number of hydrogen-bond acceptors (Lipinski definition) is 6. The van der Waals surface area contributed by atoms with Crippen LogP contribution in [-0.4, -0.2) is 57.9 Å². The van der Waals surface area contributed by atoms with Gasteiger partial charge in [0.05, 0.1) is 0 Å². The van der Waals surface area contributed by atoms with Gasteiger partial charge in [-0.05, 0) is 0 Å². The van der Waals surface area contributed by atoms with Crippen LogP contribution in [0.2, 0.25) is 21.3 Å². The summed E-state index contributed by atoms with van der Waals surface area (Å²) in [5.74, 6) is 0. The van der Waals surface area contributed by atoms with Crippen LogP contribution in [-0.2, 0) is 11.2 Å². The first-order valence-corrected chi connectivity index (χ1v) is 10.9. The van der Waals surface area contributed by atoms with Crippen LogP contribution < -0.4 is 8.67 Å². The molecule has 0 radical (unpaired) electrons. The Hall–Kier alpha value is 0.279. The van der Waals surface area contributed by atoms with Crippen molar-refractivity contribution in [3.63, 3.8) is 0 Å². The molecule has 0 aromatic heterocycles. The number of hydrogen-bond donors (Lipinski definition) is 6. The van der Waals surface area contributed by atoms with E-state index in [-0.39, 0.29) is 0 Å². The zero-order valence-electron chi connectivity index (χ0n) is 13.6. The second-order valence-corrected chi connectivity index (χ2v) is 14.4. The van der Waals surface area contributed by atoms with Gasteiger partial charge >= 0.3 is 127 Å². The molecule has 135 valence electrons. The zero-order valence-corrected chi connectivity index (χ0v) is 14.6. The molecule has 0 saturated carbocycles. The topological polar surface area (TPSA) is 105 Å². The second kappa shape index (κ2) is 6.06. The Morgan fingerprint density at radius 2 is 0.905 bits per heavy atom. The van der Waals surface area contributed by atoms with Crippen molar-refractivity contribution < 1.29 is 31.6 Å². The van der Waals surface area contributed by atoms with Gasteiger partial charge < -0.3 is 0 Å². The fourth-order valence-corrected chi connectivity index (χ4v) is 14.4. The van der Waals surface area contributed by atoms with E-state index in [0.717, 1.165) is 0 Å². The third-order valence-electron chi connectivity index (χ3n) is 3.23. The Labute approximate surface area is 127 Å². The first-order valence-electron chi connectivity index (χ1n) is 7.34. The van der Waals surface area contributed by atoms with Gasteiger partial charge in [0.1, 0.15) is 0 Å². The van der Waals surface area contributed by atoms with Crippen molar-refractivity contribution in [3.05, 3.63) is 0 Å². The van der Waals surface area contributed by atoms with E-state index in [4.69, 9.17) is 0 Å². The van der Waals surface area contributed by atoms with Crippen LogP contribution in [0.4, 0.5) is 0 Å². The van der Waals surface area contributed by atoms with Crippen LogP contribution in [0.3, 0.4) is 0 Å². The molecule has 7 heteroatoms. The Bertz CT molecular complexity index is 304. The number of nitrogens with one attached hydrogen (secondary N) is 2. The Kier molecular flexibility index (Phi) is 5.57. The molecular formula is C14H34CuN2O4. The molecule has 0 spiro atoms. The van der Waals surface area contributed by atoms with Gasteiger partial charge in [0, 0.05) is 0 Å². The third-order valence-corrected chi connectivity index (χ3v) is 12.9. The predicted molar refractivity (Wildman–Crippen MR) is 82.0 cm³/mol. The van der Waals surface area contributed by atoms with Crippen molar-refractivity contribution in [2.75, 3.05) is 13.1 Å². The minimum absolute atomic E-state index is 0.414. The molecular weight excluding hydrogens is 324 g/mol. The van der Waals surface area contributed by atoms with Gasteiger partial charge in [0.2, 0.25) is 0 Å². The van der Waals surface area contributed by atoms with Gasteiger partial charge in [-0.1, -0.05) is 0 Å². The molecule has 6 nitrogen and oxygen atoms in total. The second-order valence-electron chi connectivity index (χ2n) is 6.43. The molecule has 21 heavy (non-hydrogen) atoms. The van der Waals surface area contributed by atoms with Crippen LogP contribution in [0.25, 0.3) is 0 Å². The summed E-state index contributed by atoms with van der Waals surface area (Å²) in [5.41, 5.74) is 0. The number of aliphatic hydroxyl groups is 4. The van der Waals surface area contributed by atoms with Gasteiger partial charge in [0.15, 0.2) is 0 Å². The third kappa shape index (κ3) is 3.98. The maximum atomic E-state index is 10.2. The van der Waals surface area contributed by atoms with Crippen molar-refractivity contribution in [3.8, 4) is 0 Å². The van der Waals surface area contributed by atoms with E-state index in [9.17, 15) is 20.4 Å². The first-order chi connectivity index (χ1) is 9.48. The standard InChI is InChI=1S/4C3H7O.C2H6N2.Cu/c4*1-3(2)4;3-1-2-4;/h4*3-4H,1H2,2H3;3-4H,1-2H2;/q;;;;-2;+2. The first kappa shape index (κ1) is 19.3. The molecule has 0 aliphatic carbocycles. The molecule has 4 atom stereocenters. The van der Waals surface area contributed by atoms with E-state index in [1.54, 1.807) is 27.7 Å². The molecule has 4 unspecified atom stereocenters. The molecule has 1 heterocycles. The van der Waals surface area contributed by atoms with Gasteiger partial charge in [-0.3, -0.25) is 0 Å². The van der Waals surface area contributed by atoms with Gasteiger partial charge in [-0.15, -0.1) is 0 Å². The van der Waals surface area contributed by atoms with E-state index in [0.29, 0.717) is 34.4 Å². The van der Waals surface area contributed by atoms with Crippen molar-refractivity contribution in [1.82, 2.24) is 8.67 Å². The van der Waals surface area contributed by atoms with E-state index < -0.39 is 35.6 Å². The summed E-state index contributed by atoms with van der Waals surface area (Å²) in [6.07, 6.45) is -2.39. The van der Waals surface area contributed by atoms with Gasteiger partial charge in [-0.25, -0.2) is 0 Å². The molecule has 6 N–H and O–H groups in total. The Morgan fingerprint density at radius 3 is 1.10 bits per heavy atom. The molecule has 0 amide bonds. The molecule has 1 saturated heterocycles. The van der Waals surface area contributed by atoms with E-state index in [1.807, 2.05) is 0 Å². The fraction of sp³-hybridized carbons (Fsp3) is 1.00. The van der Waals surface area contributed by atoms with E-state index in [2.05, 4.69) is 8.67 Å². The summed E-state index contributed by atoms with van der Waals surface area (Å²) < 4.78 is 7.17. The normalized spacial score (nSPS) is 32.0. The molecule has 1 aliphatic rings. The minimum atomic E-state index is -3.38. The van der Waals surface area contributed by atoms with Crippen LogP contribution in [0.5, 0.6) is 0 Å². The molecule has 0 aromatic carbocycles. The Balaban J connectivity index is 3.50. The number of aliphatic hydroxyl groups excluding tert-OH is 4. The van der Waals surface area contributed by atoms with Crippen LogP contribution >= 0.6 is 0 Å². The van der Waals surface area contributed by atoms with Crippen molar-refractivity contribution in [2.45, 2.75) is 73.4 Å². The molecule has 1 rings (SSSR count). The van der Waals surface area contributed by atoms with Crippen molar-refractivity contribution in [2.24, 2.45) is 0 Å². The average Bonchev–Trinajstić information content (AvgIpc) is 2.53. The SMILES string of the molecule is CC(O)[CH2][Cu]1([CH2]C(C)O)([CH2]C(C)O)([CH2]C(C)O)[NH]CC[NH]1. The zero-order chi connectivity index (χ0) is 16.4. The van der Waals surface area contributed by atoms with Crippen LogP contribution in [0, 0.1) is 0 Å².